The SMILES string of the molecule is C=C(N)/C(=C\C(=C/CC)n1cc(C)nc1C)C(F)(F)F. The molecule has 1 heterocycles. The molecule has 0 radical (unpaired) electrons. The molecule has 0 saturated carbocycles. The average Bonchev–Trinajstić information content (AvgIpc) is 2.61. The molecule has 2 N–H and O–H groups in total. The molecule has 0 aliphatic rings. The molecule has 3 nitrogen and oxygen atoms in total. The van der Waals surface area contributed by atoms with E-state index in [1.807, 2.05) is 6.92 Å². The smallest absolute Gasteiger partial charge is 0.399 e. The highest BCUT2D eigenvalue weighted by atomic mass is 19.4. The maximum atomic E-state index is 12.9. The first-order valence-corrected chi connectivity index (χ1v) is 6.13. The topological polar surface area (TPSA) is 43.8 Å². The minimum atomic E-state index is -4.54. The van der Waals surface area contributed by atoms with Crippen LogP contribution in [0.5, 0.6) is 0 Å². The third kappa shape index (κ3) is 3.76. The lowest BCUT2D eigenvalue weighted by atomic mass is 10.1. The molecule has 0 bridgehead atoms. The number of rotatable bonds is 4. The molecule has 6 heteroatoms. The summed E-state index contributed by atoms with van der Waals surface area (Å²) in [5.41, 5.74) is 4.92. The van der Waals surface area contributed by atoms with Crippen molar-refractivity contribution in [3.63, 3.8) is 0 Å². The number of nitrogens with zero attached hydrogens (tertiary/aromatic N) is 2. The summed E-state index contributed by atoms with van der Waals surface area (Å²) in [5, 5.41) is 0. The molecule has 0 fully saturated rings. The molecule has 0 atom stereocenters. The Labute approximate surface area is 116 Å². The third-order valence-corrected chi connectivity index (χ3v) is 2.64. The average molecular weight is 285 g/mol. The van der Waals surface area contributed by atoms with Crippen LogP contribution >= 0.6 is 0 Å². The minimum Gasteiger partial charge on any atom is -0.399 e. The molecule has 0 aliphatic heterocycles. The highest BCUT2D eigenvalue weighted by Crippen LogP contribution is 2.30. The van der Waals surface area contributed by atoms with Crippen molar-refractivity contribution in [1.82, 2.24) is 9.55 Å². The lowest BCUT2D eigenvalue weighted by Crippen LogP contribution is -2.18. The fourth-order valence-electron chi connectivity index (χ4n) is 1.82. The second-order valence-electron chi connectivity index (χ2n) is 4.42. The number of aromatic nitrogens is 2. The number of halogens is 3. The quantitative estimate of drug-likeness (QED) is 0.857. The summed E-state index contributed by atoms with van der Waals surface area (Å²) in [6, 6.07) is 0. The first-order chi connectivity index (χ1) is 9.16. The fourth-order valence-corrected chi connectivity index (χ4v) is 1.82. The summed E-state index contributed by atoms with van der Waals surface area (Å²) in [6.45, 7) is 8.55. The van der Waals surface area contributed by atoms with Crippen molar-refractivity contribution in [2.75, 3.05) is 0 Å². The zero-order valence-corrected chi connectivity index (χ0v) is 11.8. The van der Waals surface area contributed by atoms with Crippen LogP contribution in [0.3, 0.4) is 0 Å². The fraction of sp³-hybridized carbons (Fsp3) is 0.357. The lowest BCUT2D eigenvalue weighted by Gasteiger charge is -2.14. The Bertz CT molecular complexity index is 563. The normalized spacial score (nSPS) is 13.7. The molecule has 1 rings (SSSR count). The van der Waals surface area contributed by atoms with E-state index in [0.717, 1.165) is 11.8 Å². The molecular weight excluding hydrogens is 267 g/mol. The van der Waals surface area contributed by atoms with E-state index in [0.29, 0.717) is 17.9 Å². The maximum absolute atomic E-state index is 12.9. The van der Waals surface area contributed by atoms with Gasteiger partial charge in [-0.3, -0.25) is 0 Å². The Morgan fingerprint density at radius 3 is 2.40 bits per heavy atom. The summed E-state index contributed by atoms with van der Waals surface area (Å²) in [4.78, 5) is 4.19. The summed E-state index contributed by atoms with van der Waals surface area (Å²) in [5.74, 6) is 0.614. The van der Waals surface area contributed by atoms with Crippen LogP contribution in [-0.2, 0) is 0 Å². The molecule has 0 aromatic carbocycles. The van der Waals surface area contributed by atoms with E-state index in [2.05, 4.69) is 11.6 Å². The molecule has 0 aliphatic carbocycles. The molecule has 0 spiro atoms. The third-order valence-electron chi connectivity index (χ3n) is 2.64. The van der Waals surface area contributed by atoms with Crippen LogP contribution in [0.25, 0.3) is 5.70 Å². The Balaban J connectivity index is 3.39. The van der Waals surface area contributed by atoms with Crippen molar-refractivity contribution >= 4 is 5.70 Å². The molecule has 1 aromatic rings. The zero-order valence-electron chi connectivity index (χ0n) is 11.8. The predicted molar refractivity (Wildman–Crippen MR) is 73.7 cm³/mol. The van der Waals surface area contributed by atoms with Crippen LogP contribution in [-0.4, -0.2) is 15.7 Å². The van der Waals surface area contributed by atoms with Crippen molar-refractivity contribution < 1.29 is 13.2 Å². The molecule has 20 heavy (non-hydrogen) atoms. The van der Waals surface area contributed by atoms with E-state index in [1.165, 1.54) is 0 Å². The van der Waals surface area contributed by atoms with Gasteiger partial charge in [0.15, 0.2) is 0 Å². The number of hydrogen-bond acceptors (Lipinski definition) is 2. The standard InChI is InChI=1S/C14H18F3N3/c1-5-6-12(20-8-9(2)19-11(20)4)7-13(10(3)18)14(15,16)17/h6-8H,3,5,18H2,1-2,4H3/b12-6+,13-7+. The Kier molecular flexibility index (Phi) is 4.81. The van der Waals surface area contributed by atoms with Gasteiger partial charge in [-0.15, -0.1) is 0 Å². The summed E-state index contributed by atoms with van der Waals surface area (Å²) >= 11 is 0. The Hall–Kier alpha value is -1.98. The Morgan fingerprint density at radius 2 is 2.05 bits per heavy atom. The molecule has 0 unspecified atom stereocenters. The van der Waals surface area contributed by atoms with Gasteiger partial charge in [-0.1, -0.05) is 19.6 Å². The van der Waals surface area contributed by atoms with Gasteiger partial charge >= 0.3 is 6.18 Å². The zero-order chi connectivity index (χ0) is 15.5. The van der Waals surface area contributed by atoms with Gasteiger partial charge in [-0.05, 0) is 26.3 Å². The first kappa shape index (κ1) is 16.1. The summed E-state index contributed by atoms with van der Waals surface area (Å²) in [6.07, 6.45) is 0.413. The first-order valence-electron chi connectivity index (χ1n) is 6.13. The van der Waals surface area contributed by atoms with E-state index >= 15 is 0 Å². The number of imidazole rings is 1. The van der Waals surface area contributed by atoms with Gasteiger partial charge in [0.1, 0.15) is 5.82 Å². The van der Waals surface area contributed by atoms with E-state index < -0.39 is 17.4 Å². The van der Waals surface area contributed by atoms with Crippen LogP contribution in [0.1, 0.15) is 24.9 Å². The molecule has 1 aromatic heterocycles. The van der Waals surface area contributed by atoms with Gasteiger partial charge in [0.25, 0.3) is 0 Å². The van der Waals surface area contributed by atoms with Crippen LogP contribution in [0.15, 0.2) is 36.2 Å². The van der Waals surface area contributed by atoms with Gasteiger partial charge in [0.05, 0.1) is 11.3 Å². The van der Waals surface area contributed by atoms with Crippen LogP contribution in [0, 0.1) is 13.8 Å². The maximum Gasteiger partial charge on any atom is 0.418 e. The molecular formula is C14H18F3N3. The predicted octanol–water partition coefficient (Wildman–Crippen LogP) is 3.71. The van der Waals surface area contributed by atoms with Crippen LogP contribution < -0.4 is 5.73 Å². The number of hydrogen-bond donors (Lipinski definition) is 1. The van der Waals surface area contributed by atoms with E-state index in [-0.39, 0.29) is 0 Å². The lowest BCUT2D eigenvalue weighted by molar-refractivity contribution is -0.0893. The van der Waals surface area contributed by atoms with E-state index in [1.54, 1.807) is 30.7 Å². The largest absolute Gasteiger partial charge is 0.418 e. The Morgan fingerprint density at radius 1 is 1.45 bits per heavy atom. The summed E-state index contributed by atoms with van der Waals surface area (Å²) < 4.78 is 40.4. The highest BCUT2D eigenvalue weighted by molar-refractivity contribution is 5.62. The number of alkyl halides is 3. The van der Waals surface area contributed by atoms with Gasteiger partial charge < -0.3 is 10.3 Å². The van der Waals surface area contributed by atoms with Gasteiger partial charge in [-0.25, -0.2) is 4.98 Å². The van der Waals surface area contributed by atoms with Gasteiger partial charge in [0.2, 0.25) is 0 Å². The van der Waals surface area contributed by atoms with Crippen LogP contribution in [0.2, 0.25) is 0 Å². The highest BCUT2D eigenvalue weighted by Gasteiger charge is 2.34. The van der Waals surface area contributed by atoms with E-state index in [9.17, 15) is 13.2 Å². The summed E-state index contributed by atoms with van der Waals surface area (Å²) in [7, 11) is 0. The number of nitrogens with two attached hydrogens (primary N) is 1. The van der Waals surface area contributed by atoms with Crippen molar-refractivity contribution in [1.29, 1.82) is 0 Å². The molecule has 0 amide bonds. The van der Waals surface area contributed by atoms with E-state index in [4.69, 9.17) is 5.73 Å². The van der Waals surface area contributed by atoms with Crippen molar-refractivity contribution in [2.24, 2.45) is 5.73 Å². The second kappa shape index (κ2) is 5.98. The monoisotopic (exact) mass is 285 g/mol. The molecule has 110 valence electrons. The second-order valence-corrected chi connectivity index (χ2v) is 4.42. The van der Waals surface area contributed by atoms with Crippen molar-refractivity contribution in [3.05, 3.63) is 47.7 Å². The number of allylic oxidation sites excluding steroid dienone is 4. The van der Waals surface area contributed by atoms with Crippen molar-refractivity contribution in [3.8, 4) is 0 Å². The van der Waals surface area contributed by atoms with Gasteiger partial charge in [-0.2, -0.15) is 13.2 Å². The van der Waals surface area contributed by atoms with Gasteiger partial charge in [0, 0.05) is 17.6 Å². The number of aryl methyl sites for hydroxylation is 2. The molecule has 0 saturated heterocycles. The van der Waals surface area contributed by atoms with Crippen LogP contribution in [0.4, 0.5) is 13.2 Å². The van der Waals surface area contributed by atoms with Crippen molar-refractivity contribution in [2.45, 2.75) is 33.4 Å². The minimum absolute atomic E-state index is 0.379.